The van der Waals surface area contributed by atoms with E-state index in [1.807, 2.05) is 27.7 Å². The van der Waals surface area contributed by atoms with E-state index in [9.17, 15) is 18.3 Å². The number of benzene rings is 2. The van der Waals surface area contributed by atoms with Crippen LogP contribution in [0, 0.1) is 20.8 Å². The van der Waals surface area contributed by atoms with Gasteiger partial charge in [-0.25, -0.2) is 4.99 Å². The number of alkyl halides is 3. The molecule has 5 N–H and O–H groups in total. The summed E-state index contributed by atoms with van der Waals surface area (Å²) in [7, 11) is 0. The first-order chi connectivity index (χ1) is 14.8. The predicted molar refractivity (Wildman–Crippen MR) is 117 cm³/mol. The molecule has 0 bridgehead atoms. The number of halogens is 3. The molecule has 32 heavy (non-hydrogen) atoms. The van der Waals surface area contributed by atoms with E-state index in [4.69, 9.17) is 20.9 Å². The normalized spacial score (nSPS) is 18.0. The first kappa shape index (κ1) is 23.6. The highest BCUT2D eigenvalue weighted by molar-refractivity contribution is 5.79. The summed E-state index contributed by atoms with van der Waals surface area (Å²) in [4.78, 5) is 3.67. The van der Waals surface area contributed by atoms with Crippen molar-refractivity contribution in [1.29, 1.82) is 0 Å². The van der Waals surface area contributed by atoms with Gasteiger partial charge in [0.2, 0.25) is 0 Å². The number of fused-ring (bicyclic) bond motifs is 1. The maximum atomic E-state index is 13.5. The smallest absolute Gasteiger partial charge is 0.420 e. The zero-order chi connectivity index (χ0) is 23.8. The molecule has 0 saturated carbocycles. The minimum absolute atomic E-state index is 0.00618. The number of hydrogen-bond acceptors (Lipinski definition) is 4. The zero-order valence-corrected chi connectivity index (χ0v) is 18.6. The summed E-state index contributed by atoms with van der Waals surface area (Å²) < 4.78 is 52.3. The van der Waals surface area contributed by atoms with Gasteiger partial charge in [0.25, 0.3) is 0 Å². The second kappa shape index (κ2) is 8.44. The van der Waals surface area contributed by atoms with Gasteiger partial charge >= 0.3 is 6.18 Å². The van der Waals surface area contributed by atoms with Crippen molar-refractivity contribution in [1.82, 2.24) is 0 Å². The third-order valence-electron chi connectivity index (χ3n) is 6.01. The molecule has 1 heterocycles. The van der Waals surface area contributed by atoms with Gasteiger partial charge < -0.3 is 26.0 Å². The second-order valence-electron chi connectivity index (χ2n) is 8.40. The summed E-state index contributed by atoms with van der Waals surface area (Å²) in [5.41, 5.74) is 12.4. The number of ether oxygens (including phenoxy) is 2. The Labute approximate surface area is 185 Å². The van der Waals surface area contributed by atoms with Crippen LogP contribution in [0.4, 0.5) is 18.9 Å². The van der Waals surface area contributed by atoms with Gasteiger partial charge in [0.05, 0.1) is 17.9 Å². The lowest BCUT2D eigenvalue weighted by Crippen LogP contribution is -2.38. The fraction of sp³-hybridized carbons (Fsp3) is 0.435. The molecule has 0 radical (unpaired) electrons. The third-order valence-corrected chi connectivity index (χ3v) is 6.01. The number of aromatic hydroxyl groups is 1. The highest BCUT2D eigenvalue weighted by Gasteiger charge is 2.37. The number of nitrogens with zero attached hydrogens (tertiary/aromatic N) is 1. The summed E-state index contributed by atoms with van der Waals surface area (Å²) in [6.07, 6.45) is -2.88. The Kier molecular flexibility index (Phi) is 6.22. The zero-order valence-electron chi connectivity index (χ0n) is 18.6. The van der Waals surface area contributed by atoms with E-state index < -0.39 is 17.3 Å². The maximum absolute atomic E-state index is 13.5. The Morgan fingerprint density at radius 3 is 2.50 bits per heavy atom. The number of nitrogens with two attached hydrogens (primary N) is 2. The highest BCUT2D eigenvalue weighted by Crippen LogP contribution is 2.44. The molecule has 0 fully saturated rings. The number of hydrogen-bond donors (Lipinski definition) is 3. The van der Waals surface area contributed by atoms with E-state index in [0.717, 1.165) is 34.1 Å². The average Bonchev–Trinajstić information content (AvgIpc) is 2.70. The van der Waals surface area contributed by atoms with Crippen LogP contribution < -0.4 is 20.9 Å². The fourth-order valence-electron chi connectivity index (χ4n) is 3.93. The van der Waals surface area contributed by atoms with E-state index in [-0.39, 0.29) is 29.8 Å². The molecule has 0 spiro atoms. The summed E-state index contributed by atoms with van der Waals surface area (Å²) in [5.74, 6) is 0.396. The quantitative estimate of drug-likeness (QED) is 0.448. The molecular weight excluding hydrogens is 423 g/mol. The topological polar surface area (TPSA) is 103 Å². The number of phenols is 1. The molecule has 0 aliphatic carbocycles. The van der Waals surface area contributed by atoms with Crippen molar-refractivity contribution >= 4 is 11.6 Å². The van der Waals surface area contributed by atoms with E-state index in [2.05, 4.69) is 4.99 Å². The molecule has 0 aromatic heterocycles. The molecule has 1 aliphatic rings. The Morgan fingerprint density at radius 1 is 1.19 bits per heavy atom. The van der Waals surface area contributed by atoms with E-state index in [1.165, 1.54) is 12.1 Å². The van der Waals surface area contributed by atoms with Crippen molar-refractivity contribution in [2.75, 3.05) is 6.61 Å². The van der Waals surface area contributed by atoms with Crippen LogP contribution in [0.3, 0.4) is 0 Å². The van der Waals surface area contributed by atoms with Crippen LogP contribution >= 0.6 is 0 Å². The Morgan fingerprint density at radius 2 is 1.88 bits per heavy atom. The molecule has 0 amide bonds. The Hall–Kier alpha value is -3.10. The van der Waals surface area contributed by atoms with E-state index in [1.54, 1.807) is 0 Å². The Balaban J connectivity index is 1.77. The molecule has 1 unspecified atom stereocenters. The molecule has 1 atom stereocenters. The van der Waals surface area contributed by atoms with Gasteiger partial charge in [0, 0.05) is 12.0 Å². The summed E-state index contributed by atoms with van der Waals surface area (Å²) >= 11 is 0. The van der Waals surface area contributed by atoms with Gasteiger partial charge in [-0.15, -0.1) is 0 Å². The van der Waals surface area contributed by atoms with Gasteiger partial charge in [-0.2, -0.15) is 13.2 Å². The molecule has 174 valence electrons. The van der Waals surface area contributed by atoms with Crippen LogP contribution in [0.15, 0.2) is 23.2 Å². The van der Waals surface area contributed by atoms with Crippen molar-refractivity contribution in [3.05, 3.63) is 46.0 Å². The van der Waals surface area contributed by atoms with Gasteiger partial charge in [-0.3, -0.25) is 0 Å². The van der Waals surface area contributed by atoms with Crippen LogP contribution in [0.5, 0.6) is 17.2 Å². The van der Waals surface area contributed by atoms with Gasteiger partial charge in [-0.1, -0.05) is 0 Å². The molecule has 0 saturated heterocycles. The van der Waals surface area contributed by atoms with Gasteiger partial charge in [0.1, 0.15) is 22.8 Å². The van der Waals surface area contributed by atoms with Crippen molar-refractivity contribution < 1.29 is 27.8 Å². The summed E-state index contributed by atoms with van der Waals surface area (Å²) in [6.45, 7) is 7.54. The molecular formula is C23H28F3N3O3. The average molecular weight is 451 g/mol. The lowest BCUT2D eigenvalue weighted by atomic mass is 9.86. The number of guanidine groups is 1. The lowest BCUT2D eigenvalue weighted by Gasteiger charge is -2.38. The summed E-state index contributed by atoms with van der Waals surface area (Å²) in [5, 5.41) is 10.3. The molecule has 3 rings (SSSR count). The van der Waals surface area contributed by atoms with Crippen LogP contribution in [-0.2, 0) is 12.6 Å². The van der Waals surface area contributed by atoms with Crippen LogP contribution in [0.1, 0.15) is 47.6 Å². The first-order valence-electron chi connectivity index (χ1n) is 10.3. The molecule has 2 aromatic carbocycles. The van der Waals surface area contributed by atoms with E-state index >= 15 is 0 Å². The van der Waals surface area contributed by atoms with Gasteiger partial charge in [-0.05, 0) is 75.4 Å². The molecule has 2 aromatic rings. The molecule has 6 nitrogen and oxygen atoms in total. The molecule has 9 heteroatoms. The third kappa shape index (κ3) is 4.71. The largest absolute Gasteiger partial charge is 0.507 e. The minimum Gasteiger partial charge on any atom is -0.507 e. The number of aliphatic imine (C=N–C) groups is 1. The second-order valence-corrected chi connectivity index (χ2v) is 8.40. The Bertz CT molecular complexity index is 1060. The van der Waals surface area contributed by atoms with Crippen molar-refractivity contribution in [2.45, 2.75) is 58.7 Å². The summed E-state index contributed by atoms with van der Waals surface area (Å²) in [6, 6.07) is 3.43. The van der Waals surface area contributed by atoms with E-state index in [0.29, 0.717) is 19.3 Å². The van der Waals surface area contributed by atoms with Crippen molar-refractivity contribution in [3.63, 3.8) is 0 Å². The SMILES string of the molecule is Cc1c(C)c2c(c(C)c1O)CCC(C)(CCOc1ccc(N=C(N)N)cc1C(F)(F)F)O2. The van der Waals surface area contributed by atoms with Crippen molar-refractivity contribution in [2.24, 2.45) is 16.5 Å². The predicted octanol–water partition coefficient (Wildman–Crippen LogP) is 4.79. The highest BCUT2D eigenvalue weighted by atomic mass is 19.4. The first-order valence-corrected chi connectivity index (χ1v) is 10.3. The monoisotopic (exact) mass is 451 g/mol. The van der Waals surface area contributed by atoms with Crippen LogP contribution in [0.2, 0.25) is 0 Å². The molecule has 1 aliphatic heterocycles. The maximum Gasteiger partial charge on any atom is 0.420 e. The van der Waals surface area contributed by atoms with Gasteiger partial charge in [0.15, 0.2) is 5.96 Å². The number of rotatable bonds is 5. The van der Waals surface area contributed by atoms with Crippen molar-refractivity contribution in [3.8, 4) is 17.2 Å². The fourth-order valence-corrected chi connectivity index (χ4v) is 3.93. The number of phenolic OH excluding ortho intramolecular Hbond substituents is 1. The lowest BCUT2D eigenvalue weighted by molar-refractivity contribution is -0.139. The minimum atomic E-state index is -4.62. The standard InChI is InChI=1S/C23H28F3N3O3/c1-12-13(2)20-16(14(3)19(12)30)7-8-22(4,32-20)9-10-31-18-6-5-15(29-21(27)28)11-17(18)23(24,25)26/h5-6,11,30H,7-10H2,1-4H3,(H4,27,28,29). The van der Waals surface area contributed by atoms with Crippen LogP contribution in [-0.4, -0.2) is 23.3 Å². The van der Waals surface area contributed by atoms with Crippen LogP contribution in [0.25, 0.3) is 0 Å².